The fourth-order valence-corrected chi connectivity index (χ4v) is 3.19. The molecule has 6 nitrogen and oxygen atoms in total. The molecule has 0 spiro atoms. The Morgan fingerprint density at radius 1 is 1.48 bits per heavy atom. The zero-order valence-corrected chi connectivity index (χ0v) is 14.2. The van der Waals surface area contributed by atoms with E-state index < -0.39 is 0 Å². The summed E-state index contributed by atoms with van der Waals surface area (Å²) >= 11 is 1.69. The predicted octanol–water partition coefficient (Wildman–Crippen LogP) is 2.79. The summed E-state index contributed by atoms with van der Waals surface area (Å²) in [5.74, 6) is 1.40. The largest absolute Gasteiger partial charge is 0.422 e. The highest BCUT2D eigenvalue weighted by Gasteiger charge is 2.29. The molecule has 0 saturated carbocycles. The smallest absolute Gasteiger partial charge is 0.247 e. The van der Waals surface area contributed by atoms with Gasteiger partial charge in [-0.2, -0.15) is 0 Å². The minimum atomic E-state index is -0.325. The zero-order valence-electron chi connectivity index (χ0n) is 13.4. The fourth-order valence-electron chi connectivity index (χ4n) is 2.48. The van der Waals surface area contributed by atoms with Gasteiger partial charge in [-0.1, -0.05) is 19.9 Å². The Bertz CT molecular complexity index is 639. The predicted molar refractivity (Wildman–Crippen MR) is 86.3 cm³/mol. The summed E-state index contributed by atoms with van der Waals surface area (Å²) in [6.45, 7) is 5.58. The lowest BCUT2D eigenvalue weighted by molar-refractivity contribution is -0.139. The molecule has 124 valence electrons. The van der Waals surface area contributed by atoms with Crippen molar-refractivity contribution in [3.63, 3.8) is 0 Å². The molecule has 0 aliphatic carbocycles. The Morgan fingerprint density at radius 3 is 3.04 bits per heavy atom. The number of thiophene rings is 1. The first kappa shape index (κ1) is 16.1. The second-order valence-corrected chi connectivity index (χ2v) is 6.94. The van der Waals surface area contributed by atoms with Gasteiger partial charge >= 0.3 is 0 Å². The monoisotopic (exact) mass is 335 g/mol. The van der Waals surface area contributed by atoms with Crippen molar-refractivity contribution in [1.29, 1.82) is 0 Å². The second-order valence-electron chi connectivity index (χ2n) is 5.91. The Kier molecular flexibility index (Phi) is 5.07. The lowest BCUT2D eigenvalue weighted by Gasteiger charge is -2.31. The van der Waals surface area contributed by atoms with Crippen molar-refractivity contribution in [2.75, 3.05) is 19.7 Å². The van der Waals surface area contributed by atoms with Crippen molar-refractivity contribution in [2.24, 2.45) is 0 Å². The summed E-state index contributed by atoms with van der Waals surface area (Å²) in [4.78, 5) is 15.5. The van der Waals surface area contributed by atoms with Crippen LogP contribution in [0.4, 0.5) is 0 Å². The molecule has 1 fully saturated rings. The minimum absolute atomic E-state index is 0.148. The van der Waals surface area contributed by atoms with E-state index in [2.05, 4.69) is 16.3 Å². The average molecular weight is 335 g/mol. The maximum absolute atomic E-state index is 12.4. The first-order valence-corrected chi connectivity index (χ1v) is 8.76. The standard InChI is InChI=1S/C16H21N3O3S/c1-11(2)15-17-18-16(22-15)13-10-19(7-8-21-13)14(20)6-5-12-4-3-9-23-12/h3-4,9,11,13H,5-8,10H2,1-2H3. The van der Waals surface area contributed by atoms with Gasteiger partial charge in [-0.3, -0.25) is 4.79 Å². The molecule has 3 heterocycles. The molecular weight excluding hydrogens is 314 g/mol. The lowest BCUT2D eigenvalue weighted by atomic mass is 10.2. The van der Waals surface area contributed by atoms with Crippen LogP contribution >= 0.6 is 11.3 Å². The third kappa shape index (κ3) is 3.97. The first-order chi connectivity index (χ1) is 11.1. The topological polar surface area (TPSA) is 68.5 Å². The van der Waals surface area contributed by atoms with Gasteiger partial charge in [-0.25, -0.2) is 0 Å². The van der Waals surface area contributed by atoms with Gasteiger partial charge < -0.3 is 14.1 Å². The number of ether oxygens (including phenoxy) is 1. The summed E-state index contributed by atoms with van der Waals surface area (Å²) in [6.07, 6.45) is 0.986. The Hall–Kier alpha value is -1.73. The van der Waals surface area contributed by atoms with Gasteiger partial charge in [0.2, 0.25) is 17.7 Å². The molecule has 2 aromatic heterocycles. The highest BCUT2D eigenvalue weighted by molar-refractivity contribution is 7.09. The van der Waals surface area contributed by atoms with Gasteiger partial charge in [0, 0.05) is 23.8 Å². The molecule has 1 atom stereocenters. The van der Waals surface area contributed by atoms with Crippen molar-refractivity contribution in [1.82, 2.24) is 15.1 Å². The second kappa shape index (κ2) is 7.23. The molecule has 0 N–H and O–H groups in total. The number of carbonyl (C=O) groups excluding carboxylic acids is 1. The van der Waals surface area contributed by atoms with E-state index in [-0.39, 0.29) is 17.9 Å². The SMILES string of the molecule is CC(C)c1nnc(C2CN(C(=O)CCc3cccs3)CCO2)o1. The van der Waals surface area contributed by atoms with Crippen molar-refractivity contribution >= 4 is 17.2 Å². The molecule has 1 amide bonds. The van der Waals surface area contributed by atoms with Gasteiger partial charge in [0.25, 0.3) is 0 Å². The number of hydrogen-bond donors (Lipinski definition) is 0. The van der Waals surface area contributed by atoms with Crippen LogP contribution in [0.15, 0.2) is 21.9 Å². The van der Waals surface area contributed by atoms with Crippen molar-refractivity contribution in [3.8, 4) is 0 Å². The first-order valence-electron chi connectivity index (χ1n) is 7.88. The van der Waals surface area contributed by atoms with E-state index in [1.807, 2.05) is 30.2 Å². The number of hydrogen-bond acceptors (Lipinski definition) is 6. The summed E-state index contributed by atoms with van der Waals surface area (Å²) in [7, 11) is 0. The number of carbonyl (C=O) groups is 1. The maximum atomic E-state index is 12.4. The summed E-state index contributed by atoms with van der Waals surface area (Å²) in [5, 5.41) is 10.1. The van der Waals surface area contributed by atoms with Gasteiger partial charge in [-0.05, 0) is 17.9 Å². The van der Waals surface area contributed by atoms with Crippen LogP contribution in [-0.4, -0.2) is 40.7 Å². The average Bonchev–Trinajstić information content (AvgIpc) is 3.24. The van der Waals surface area contributed by atoms with Gasteiger partial charge in [0.1, 0.15) is 0 Å². The molecule has 23 heavy (non-hydrogen) atoms. The van der Waals surface area contributed by atoms with E-state index in [1.54, 1.807) is 11.3 Å². The number of morpholine rings is 1. The van der Waals surface area contributed by atoms with Crippen LogP contribution in [0.1, 0.15) is 48.9 Å². The van der Waals surface area contributed by atoms with E-state index in [1.165, 1.54) is 4.88 Å². The molecule has 3 rings (SSSR count). The highest BCUT2D eigenvalue weighted by atomic mass is 32.1. The Balaban J connectivity index is 1.57. The molecule has 7 heteroatoms. The Morgan fingerprint density at radius 2 is 2.35 bits per heavy atom. The minimum Gasteiger partial charge on any atom is -0.422 e. The summed E-state index contributed by atoms with van der Waals surface area (Å²) in [5.41, 5.74) is 0. The van der Waals surface area contributed by atoms with Crippen LogP contribution in [0.5, 0.6) is 0 Å². The Labute approximate surface area is 139 Å². The molecule has 1 saturated heterocycles. The molecule has 2 aromatic rings. The maximum Gasteiger partial charge on any atom is 0.247 e. The number of aromatic nitrogens is 2. The summed E-state index contributed by atoms with van der Waals surface area (Å²) in [6, 6.07) is 4.07. The molecule has 1 aliphatic rings. The van der Waals surface area contributed by atoms with Crippen LogP contribution in [0.2, 0.25) is 0 Å². The van der Waals surface area contributed by atoms with E-state index >= 15 is 0 Å². The molecule has 0 bridgehead atoms. The molecule has 0 aromatic carbocycles. The normalized spacial score (nSPS) is 18.6. The van der Waals surface area contributed by atoms with E-state index in [0.717, 1.165) is 6.42 Å². The van der Waals surface area contributed by atoms with Gasteiger partial charge in [-0.15, -0.1) is 21.5 Å². The van der Waals surface area contributed by atoms with Crippen molar-refractivity contribution < 1.29 is 13.9 Å². The molecule has 0 radical (unpaired) electrons. The van der Waals surface area contributed by atoms with E-state index in [0.29, 0.717) is 37.9 Å². The van der Waals surface area contributed by atoms with Crippen LogP contribution in [-0.2, 0) is 16.0 Å². The third-order valence-corrected chi connectivity index (χ3v) is 4.75. The van der Waals surface area contributed by atoms with Crippen LogP contribution in [0.25, 0.3) is 0 Å². The summed E-state index contributed by atoms with van der Waals surface area (Å²) < 4.78 is 11.3. The number of amides is 1. The number of rotatable bonds is 5. The highest BCUT2D eigenvalue weighted by Crippen LogP contribution is 2.24. The van der Waals surface area contributed by atoms with Gasteiger partial charge in [0.15, 0.2) is 6.10 Å². The zero-order chi connectivity index (χ0) is 16.2. The van der Waals surface area contributed by atoms with Crippen LogP contribution < -0.4 is 0 Å². The van der Waals surface area contributed by atoms with Gasteiger partial charge in [0.05, 0.1) is 13.2 Å². The quantitative estimate of drug-likeness (QED) is 0.840. The third-order valence-electron chi connectivity index (χ3n) is 3.81. The fraction of sp³-hybridized carbons (Fsp3) is 0.562. The van der Waals surface area contributed by atoms with E-state index in [4.69, 9.17) is 9.15 Å². The van der Waals surface area contributed by atoms with E-state index in [9.17, 15) is 4.79 Å². The molecular formula is C16H21N3O3S. The van der Waals surface area contributed by atoms with Crippen LogP contribution in [0, 0.1) is 0 Å². The number of nitrogens with zero attached hydrogens (tertiary/aromatic N) is 3. The van der Waals surface area contributed by atoms with Crippen LogP contribution in [0.3, 0.4) is 0 Å². The number of aryl methyl sites for hydroxylation is 1. The van der Waals surface area contributed by atoms with Crippen molar-refractivity contribution in [2.45, 2.75) is 38.7 Å². The lowest BCUT2D eigenvalue weighted by Crippen LogP contribution is -2.42. The molecule has 1 aliphatic heterocycles. The van der Waals surface area contributed by atoms with Crippen molar-refractivity contribution in [3.05, 3.63) is 34.2 Å². The molecule has 1 unspecified atom stereocenters.